The van der Waals surface area contributed by atoms with Gasteiger partial charge >= 0.3 is 12.1 Å². The number of carbonyl (C=O) groups excluding carboxylic acids is 1. The van der Waals surface area contributed by atoms with Gasteiger partial charge in [0.05, 0.1) is 6.61 Å². The Morgan fingerprint density at radius 3 is 2.31 bits per heavy atom. The second-order valence-corrected chi connectivity index (χ2v) is 2.10. The Morgan fingerprint density at radius 2 is 1.85 bits per heavy atom. The van der Waals surface area contributed by atoms with Crippen LogP contribution in [0.3, 0.4) is 0 Å². The molecule has 0 aliphatic rings. The SMILES string of the molecule is [CH2]CCOCCOC(=O)C(F)(F)F. The maximum absolute atomic E-state index is 11.5. The smallest absolute Gasteiger partial charge is 0.457 e. The molecule has 0 saturated carbocycles. The molecule has 1 radical (unpaired) electrons. The summed E-state index contributed by atoms with van der Waals surface area (Å²) in [7, 11) is 0. The van der Waals surface area contributed by atoms with Crippen molar-refractivity contribution in [3.63, 3.8) is 0 Å². The minimum absolute atomic E-state index is 0.0443. The van der Waals surface area contributed by atoms with Crippen LogP contribution < -0.4 is 0 Å². The third-order valence-electron chi connectivity index (χ3n) is 0.981. The van der Waals surface area contributed by atoms with Gasteiger partial charge in [-0.1, -0.05) is 6.92 Å². The Kier molecular flexibility index (Phi) is 5.45. The lowest BCUT2D eigenvalue weighted by Gasteiger charge is -2.06. The van der Waals surface area contributed by atoms with E-state index in [1.54, 1.807) is 0 Å². The summed E-state index contributed by atoms with van der Waals surface area (Å²) in [6, 6.07) is 0. The number of halogens is 3. The van der Waals surface area contributed by atoms with Crippen molar-refractivity contribution >= 4 is 5.97 Å². The summed E-state index contributed by atoms with van der Waals surface area (Å²) in [4.78, 5) is 10.1. The zero-order valence-electron chi connectivity index (χ0n) is 6.89. The average molecular weight is 199 g/mol. The highest BCUT2D eigenvalue weighted by Crippen LogP contribution is 2.15. The number of alkyl halides is 3. The largest absolute Gasteiger partial charge is 0.490 e. The van der Waals surface area contributed by atoms with Crippen LogP contribution in [-0.4, -0.2) is 32.0 Å². The summed E-state index contributed by atoms with van der Waals surface area (Å²) in [6.45, 7) is 3.35. The Balaban J connectivity index is 3.38. The van der Waals surface area contributed by atoms with Gasteiger partial charge in [0, 0.05) is 6.61 Å². The molecule has 0 unspecified atom stereocenters. The average Bonchev–Trinajstić information content (AvgIpc) is 2.02. The van der Waals surface area contributed by atoms with Crippen molar-refractivity contribution in [3.8, 4) is 0 Å². The van der Waals surface area contributed by atoms with Gasteiger partial charge in [-0.15, -0.1) is 0 Å². The van der Waals surface area contributed by atoms with Crippen LogP contribution in [0.2, 0.25) is 0 Å². The van der Waals surface area contributed by atoms with E-state index in [0.29, 0.717) is 13.0 Å². The lowest BCUT2D eigenvalue weighted by Crippen LogP contribution is -2.26. The highest BCUT2D eigenvalue weighted by molar-refractivity contribution is 5.75. The third-order valence-corrected chi connectivity index (χ3v) is 0.981. The molecular formula is C7H10F3O3. The zero-order valence-corrected chi connectivity index (χ0v) is 6.89. The van der Waals surface area contributed by atoms with E-state index in [0.717, 1.165) is 0 Å². The highest BCUT2D eigenvalue weighted by atomic mass is 19.4. The topological polar surface area (TPSA) is 35.5 Å². The van der Waals surface area contributed by atoms with Crippen LogP contribution in [0.15, 0.2) is 0 Å². The van der Waals surface area contributed by atoms with Crippen LogP contribution in [0.5, 0.6) is 0 Å². The van der Waals surface area contributed by atoms with Crippen LogP contribution in [0.25, 0.3) is 0 Å². The van der Waals surface area contributed by atoms with Crippen molar-refractivity contribution in [1.29, 1.82) is 0 Å². The predicted molar refractivity (Wildman–Crippen MR) is 37.8 cm³/mol. The molecular weight excluding hydrogens is 189 g/mol. The van der Waals surface area contributed by atoms with Gasteiger partial charge in [0.2, 0.25) is 0 Å². The molecule has 0 aromatic heterocycles. The first-order chi connectivity index (χ1) is 5.98. The fourth-order valence-corrected chi connectivity index (χ4v) is 0.479. The Bertz CT molecular complexity index is 156. The van der Waals surface area contributed by atoms with Gasteiger partial charge in [-0.05, 0) is 6.42 Å². The minimum Gasteiger partial charge on any atom is -0.457 e. The van der Waals surface area contributed by atoms with Crippen molar-refractivity contribution in [2.45, 2.75) is 12.6 Å². The molecule has 0 fully saturated rings. The van der Waals surface area contributed by atoms with Crippen molar-refractivity contribution in [1.82, 2.24) is 0 Å². The number of carbonyl (C=O) groups is 1. The van der Waals surface area contributed by atoms with Gasteiger partial charge in [0.25, 0.3) is 0 Å². The maximum atomic E-state index is 11.5. The number of hydrogen-bond acceptors (Lipinski definition) is 3. The molecule has 0 aromatic carbocycles. The monoisotopic (exact) mass is 199 g/mol. The molecule has 0 rings (SSSR count). The number of rotatable bonds is 5. The van der Waals surface area contributed by atoms with Crippen molar-refractivity contribution in [3.05, 3.63) is 6.92 Å². The molecule has 0 aromatic rings. The summed E-state index contributed by atoms with van der Waals surface area (Å²) in [5.74, 6) is -2.19. The molecule has 0 spiro atoms. The quantitative estimate of drug-likeness (QED) is 0.495. The molecule has 0 heterocycles. The summed E-state index contributed by atoms with van der Waals surface area (Å²) in [6.07, 6.45) is -4.40. The first kappa shape index (κ1) is 12.2. The summed E-state index contributed by atoms with van der Waals surface area (Å²) >= 11 is 0. The van der Waals surface area contributed by atoms with Gasteiger partial charge in [-0.2, -0.15) is 13.2 Å². The highest BCUT2D eigenvalue weighted by Gasteiger charge is 2.40. The molecule has 6 heteroatoms. The standard InChI is InChI=1S/C7H10F3O3/c1-2-3-12-4-5-13-6(11)7(8,9)10/h1-5H2. The van der Waals surface area contributed by atoms with E-state index in [-0.39, 0.29) is 6.61 Å². The Hall–Kier alpha value is -0.780. The summed E-state index contributed by atoms with van der Waals surface area (Å²) in [5, 5.41) is 0. The maximum Gasteiger partial charge on any atom is 0.490 e. The van der Waals surface area contributed by atoms with Gasteiger partial charge in [0.15, 0.2) is 0 Å². The lowest BCUT2D eigenvalue weighted by atomic mass is 10.5. The number of ether oxygens (including phenoxy) is 2. The number of hydrogen-bond donors (Lipinski definition) is 0. The van der Waals surface area contributed by atoms with Crippen LogP contribution in [0.1, 0.15) is 6.42 Å². The fraction of sp³-hybridized carbons (Fsp3) is 0.714. The van der Waals surface area contributed by atoms with Crippen molar-refractivity contribution in [2.24, 2.45) is 0 Å². The predicted octanol–water partition coefficient (Wildman–Crippen LogP) is 1.33. The van der Waals surface area contributed by atoms with E-state index < -0.39 is 18.8 Å². The van der Waals surface area contributed by atoms with E-state index in [2.05, 4.69) is 11.7 Å². The number of esters is 1. The zero-order chi connectivity index (χ0) is 10.3. The molecule has 0 aliphatic heterocycles. The fourth-order valence-electron chi connectivity index (χ4n) is 0.479. The van der Waals surface area contributed by atoms with Crippen LogP contribution in [0, 0.1) is 6.92 Å². The van der Waals surface area contributed by atoms with Crippen molar-refractivity contribution < 1.29 is 27.4 Å². The molecule has 0 aliphatic carbocycles. The second kappa shape index (κ2) is 5.80. The van der Waals surface area contributed by atoms with E-state index in [1.165, 1.54) is 0 Å². The molecule has 3 nitrogen and oxygen atoms in total. The van der Waals surface area contributed by atoms with E-state index in [9.17, 15) is 18.0 Å². The summed E-state index contributed by atoms with van der Waals surface area (Å²) in [5.41, 5.74) is 0. The molecule has 77 valence electrons. The van der Waals surface area contributed by atoms with E-state index >= 15 is 0 Å². The Labute approximate surface area is 73.8 Å². The van der Waals surface area contributed by atoms with Gasteiger partial charge in [-0.25, -0.2) is 4.79 Å². The third kappa shape index (κ3) is 6.39. The first-order valence-corrected chi connectivity index (χ1v) is 3.59. The van der Waals surface area contributed by atoms with Crippen LogP contribution >= 0.6 is 0 Å². The molecule has 0 atom stereocenters. The Morgan fingerprint density at radius 1 is 1.23 bits per heavy atom. The lowest BCUT2D eigenvalue weighted by molar-refractivity contribution is -0.200. The summed E-state index contributed by atoms with van der Waals surface area (Å²) < 4.78 is 43.1. The first-order valence-electron chi connectivity index (χ1n) is 3.59. The molecule has 0 bridgehead atoms. The van der Waals surface area contributed by atoms with Gasteiger partial charge < -0.3 is 9.47 Å². The van der Waals surface area contributed by atoms with Gasteiger partial charge in [-0.3, -0.25) is 0 Å². The molecule has 13 heavy (non-hydrogen) atoms. The normalized spacial score (nSPS) is 11.4. The van der Waals surface area contributed by atoms with Crippen molar-refractivity contribution in [2.75, 3.05) is 19.8 Å². The minimum atomic E-state index is -4.92. The molecule has 0 saturated heterocycles. The van der Waals surface area contributed by atoms with Crippen LogP contribution in [0.4, 0.5) is 13.2 Å². The second-order valence-electron chi connectivity index (χ2n) is 2.10. The molecule has 0 N–H and O–H groups in total. The van der Waals surface area contributed by atoms with Gasteiger partial charge in [0.1, 0.15) is 6.61 Å². The molecule has 0 amide bonds. The van der Waals surface area contributed by atoms with E-state index in [4.69, 9.17) is 4.74 Å². The van der Waals surface area contributed by atoms with Crippen LogP contribution in [-0.2, 0) is 14.3 Å². The van der Waals surface area contributed by atoms with E-state index in [1.807, 2.05) is 0 Å².